The molecule has 2 rings (SSSR count). The number of anilines is 1. The summed E-state index contributed by atoms with van der Waals surface area (Å²) in [6, 6.07) is 11.1. The van der Waals surface area contributed by atoms with Crippen LogP contribution in [-0.2, 0) is 17.6 Å². The maximum Gasteiger partial charge on any atom is 0.339 e. The van der Waals surface area contributed by atoms with Gasteiger partial charge in [0.05, 0.1) is 26.9 Å². The van der Waals surface area contributed by atoms with Crippen molar-refractivity contribution in [2.45, 2.75) is 12.8 Å². The molecule has 5 nitrogen and oxygen atoms in total. The molecule has 0 aliphatic rings. The van der Waals surface area contributed by atoms with Crippen molar-refractivity contribution in [2.24, 2.45) is 0 Å². The second-order valence-electron chi connectivity index (χ2n) is 5.09. The molecule has 0 unspecified atom stereocenters. The van der Waals surface area contributed by atoms with Gasteiger partial charge in [0.1, 0.15) is 11.5 Å². The van der Waals surface area contributed by atoms with Crippen LogP contribution in [0.25, 0.3) is 0 Å². The Bertz CT molecular complexity index is 697. The smallest absolute Gasteiger partial charge is 0.339 e. The molecule has 5 heteroatoms. The standard InChI is InChI=1S/C18H21NO4/c1-21-14-7-9-17(22-2)13(11-14)6-4-12-5-8-16(19)15(10-12)18(20)23-3/h5,7-11H,4,6,19H2,1-3H3. The lowest BCUT2D eigenvalue weighted by molar-refractivity contribution is 0.0602. The average molecular weight is 315 g/mol. The van der Waals surface area contributed by atoms with Gasteiger partial charge in [-0.05, 0) is 54.3 Å². The number of esters is 1. The first-order chi connectivity index (χ1) is 11.1. The van der Waals surface area contributed by atoms with E-state index in [4.69, 9.17) is 19.9 Å². The number of carbonyl (C=O) groups excluding carboxylic acids is 1. The summed E-state index contributed by atoms with van der Waals surface area (Å²) in [5.74, 6) is 1.17. The Kier molecular flexibility index (Phi) is 5.46. The lowest BCUT2D eigenvalue weighted by atomic mass is 10.0. The van der Waals surface area contributed by atoms with Crippen molar-refractivity contribution < 1.29 is 19.0 Å². The van der Waals surface area contributed by atoms with Gasteiger partial charge in [0.2, 0.25) is 0 Å². The summed E-state index contributed by atoms with van der Waals surface area (Å²) >= 11 is 0. The molecule has 0 amide bonds. The molecule has 0 aliphatic carbocycles. The molecule has 0 radical (unpaired) electrons. The van der Waals surface area contributed by atoms with Crippen molar-refractivity contribution in [3.05, 3.63) is 53.1 Å². The van der Waals surface area contributed by atoms with Gasteiger partial charge in [-0.25, -0.2) is 4.79 Å². The van der Waals surface area contributed by atoms with Crippen LogP contribution >= 0.6 is 0 Å². The molecule has 0 heterocycles. The van der Waals surface area contributed by atoms with Crippen LogP contribution in [0, 0.1) is 0 Å². The Morgan fingerprint density at radius 1 is 1.00 bits per heavy atom. The highest BCUT2D eigenvalue weighted by Crippen LogP contribution is 2.26. The second kappa shape index (κ2) is 7.54. The van der Waals surface area contributed by atoms with E-state index in [9.17, 15) is 4.79 Å². The topological polar surface area (TPSA) is 70.8 Å². The fraction of sp³-hybridized carbons (Fsp3) is 0.278. The number of nitrogens with two attached hydrogens (primary N) is 1. The van der Waals surface area contributed by atoms with Crippen molar-refractivity contribution in [1.82, 2.24) is 0 Å². The molecule has 0 saturated heterocycles. The van der Waals surface area contributed by atoms with Crippen molar-refractivity contribution in [1.29, 1.82) is 0 Å². The third-order valence-corrected chi connectivity index (χ3v) is 3.69. The van der Waals surface area contributed by atoms with Gasteiger partial charge in [0.25, 0.3) is 0 Å². The highest BCUT2D eigenvalue weighted by Gasteiger charge is 2.11. The molecule has 0 aliphatic heterocycles. The summed E-state index contributed by atoms with van der Waals surface area (Å²) in [6.07, 6.45) is 1.50. The zero-order valence-corrected chi connectivity index (χ0v) is 13.6. The van der Waals surface area contributed by atoms with E-state index in [2.05, 4.69) is 0 Å². The van der Waals surface area contributed by atoms with Gasteiger partial charge in [-0.3, -0.25) is 0 Å². The summed E-state index contributed by atoms with van der Waals surface area (Å²) in [5, 5.41) is 0. The molecule has 2 N–H and O–H groups in total. The highest BCUT2D eigenvalue weighted by molar-refractivity contribution is 5.95. The molecule has 122 valence electrons. The molecular formula is C18H21NO4. The van der Waals surface area contributed by atoms with Gasteiger partial charge in [0, 0.05) is 5.69 Å². The fourth-order valence-electron chi connectivity index (χ4n) is 2.40. The maximum absolute atomic E-state index is 11.7. The van der Waals surface area contributed by atoms with E-state index in [1.807, 2.05) is 24.3 Å². The average Bonchev–Trinajstić information content (AvgIpc) is 2.59. The Balaban J connectivity index is 2.19. The van der Waals surface area contributed by atoms with Gasteiger partial charge in [-0.2, -0.15) is 0 Å². The summed E-state index contributed by atoms with van der Waals surface area (Å²) < 4.78 is 15.4. The number of ether oxygens (including phenoxy) is 3. The Morgan fingerprint density at radius 3 is 2.43 bits per heavy atom. The molecule has 0 bridgehead atoms. The highest BCUT2D eigenvalue weighted by atomic mass is 16.5. The third-order valence-electron chi connectivity index (χ3n) is 3.69. The zero-order valence-electron chi connectivity index (χ0n) is 13.6. The van der Waals surface area contributed by atoms with Crippen LogP contribution in [0.1, 0.15) is 21.5 Å². The molecule has 23 heavy (non-hydrogen) atoms. The second-order valence-corrected chi connectivity index (χ2v) is 5.09. The molecule has 0 saturated carbocycles. The monoisotopic (exact) mass is 315 g/mol. The van der Waals surface area contributed by atoms with Crippen molar-refractivity contribution in [2.75, 3.05) is 27.1 Å². The Morgan fingerprint density at radius 2 is 1.78 bits per heavy atom. The number of benzene rings is 2. The van der Waals surface area contributed by atoms with Gasteiger partial charge < -0.3 is 19.9 Å². The minimum Gasteiger partial charge on any atom is -0.497 e. The molecule has 0 atom stereocenters. The van der Waals surface area contributed by atoms with Gasteiger partial charge in [-0.15, -0.1) is 0 Å². The number of nitrogen functional groups attached to an aromatic ring is 1. The fourth-order valence-corrected chi connectivity index (χ4v) is 2.40. The normalized spacial score (nSPS) is 10.2. The predicted molar refractivity (Wildman–Crippen MR) is 89.1 cm³/mol. The first-order valence-corrected chi connectivity index (χ1v) is 7.26. The number of hydrogen-bond acceptors (Lipinski definition) is 5. The van der Waals surface area contributed by atoms with E-state index in [1.165, 1.54) is 7.11 Å². The quantitative estimate of drug-likeness (QED) is 0.655. The van der Waals surface area contributed by atoms with Crippen LogP contribution in [-0.4, -0.2) is 27.3 Å². The molecule has 0 spiro atoms. The lowest BCUT2D eigenvalue weighted by Crippen LogP contribution is -2.06. The van der Waals surface area contributed by atoms with E-state index in [0.717, 1.165) is 35.5 Å². The molecule has 2 aromatic carbocycles. The minimum atomic E-state index is -0.427. The van der Waals surface area contributed by atoms with E-state index in [1.54, 1.807) is 26.4 Å². The van der Waals surface area contributed by atoms with E-state index >= 15 is 0 Å². The molecule has 2 aromatic rings. The van der Waals surface area contributed by atoms with Crippen LogP contribution in [0.5, 0.6) is 11.5 Å². The number of aryl methyl sites for hydroxylation is 2. The van der Waals surface area contributed by atoms with Gasteiger partial charge in [0.15, 0.2) is 0 Å². The molecule has 0 aromatic heterocycles. The summed E-state index contributed by atoms with van der Waals surface area (Å²) in [4.78, 5) is 11.7. The van der Waals surface area contributed by atoms with Crippen LogP contribution in [0.4, 0.5) is 5.69 Å². The Hall–Kier alpha value is -2.69. The van der Waals surface area contributed by atoms with Crippen LogP contribution in [0.2, 0.25) is 0 Å². The van der Waals surface area contributed by atoms with Crippen molar-refractivity contribution in [3.63, 3.8) is 0 Å². The number of hydrogen-bond donors (Lipinski definition) is 1. The zero-order chi connectivity index (χ0) is 16.8. The Labute approximate surface area is 136 Å². The first kappa shape index (κ1) is 16.7. The predicted octanol–water partition coefficient (Wildman–Crippen LogP) is 2.86. The SMILES string of the molecule is COC(=O)c1cc(CCc2cc(OC)ccc2OC)ccc1N. The van der Waals surface area contributed by atoms with E-state index < -0.39 is 5.97 Å². The maximum atomic E-state index is 11.7. The van der Waals surface area contributed by atoms with Crippen LogP contribution in [0.3, 0.4) is 0 Å². The van der Waals surface area contributed by atoms with E-state index in [0.29, 0.717) is 11.3 Å². The van der Waals surface area contributed by atoms with Crippen molar-refractivity contribution >= 4 is 11.7 Å². The van der Waals surface area contributed by atoms with Crippen LogP contribution in [0.15, 0.2) is 36.4 Å². The molecular weight excluding hydrogens is 294 g/mol. The van der Waals surface area contributed by atoms with Gasteiger partial charge >= 0.3 is 5.97 Å². The van der Waals surface area contributed by atoms with Crippen LogP contribution < -0.4 is 15.2 Å². The summed E-state index contributed by atoms with van der Waals surface area (Å²) in [6.45, 7) is 0. The van der Waals surface area contributed by atoms with E-state index in [-0.39, 0.29) is 0 Å². The molecule has 0 fully saturated rings. The largest absolute Gasteiger partial charge is 0.497 e. The lowest BCUT2D eigenvalue weighted by Gasteiger charge is -2.11. The van der Waals surface area contributed by atoms with Gasteiger partial charge in [-0.1, -0.05) is 6.07 Å². The minimum absolute atomic E-state index is 0.391. The first-order valence-electron chi connectivity index (χ1n) is 7.26. The number of rotatable bonds is 6. The number of methoxy groups -OCH3 is 3. The number of carbonyl (C=O) groups is 1. The summed E-state index contributed by atoms with van der Waals surface area (Å²) in [7, 11) is 4.62. The van der Waals surface area contributed by atoms with Crippen molar-refractivity contribution in [3.8, 4) is 11.5 Å². The third kappa shape index (κ3) is 3.94. The summed E-state index contributed by atoms with van der Waals surface area (Å²) in [5.41, 5.74) is 8.68.